The van der Waals surface area contributed by atoms with E-state index in [2.05, 4.69) is 9.80 Å². The van der Waals surface area contributed by atoms with E-state index in [9.17, 15) is 9.59 Å². The van der Waals surface area contributed by atoms with Gasteiger partial charge in [-0.3, -0.25) is 20.0 Å². The van der Waals surface area contributed by atoms with Crippen LogP contribution in [0.4, 0.5) is 0 Å². The van der Waals surface area contributed by atoms with Crippen LogP contribution in [0.3, 0.4) is 0 Å². The number of nitrogens with zero attached hydrogens (tertiary/aromatic N) is 2. The number of halogens is 2. The van der Waals surface area contributed by atoms with E-state index in [1.54, 1.807) is 24.8 Å². The summed E-state index contributed by atoms with van der Waals surface area (Å²) in [5, 5.41) is 17.1. The lowest BCUT2D eigenvalue weighted by Crippen LogP contribution is -2.50. The molecule has 0 aliphatic carbocycles. The van der Waals surface area contributed by atoms with Gasteiger partial charge in [0.1, 0.15) is 0 Å². The van der Waals surface area contributed by atoms with Crippen molar-refractivity contribution in [3.8, 4) is 0 Å². The molecule has 22 heavy (non-hydrogen) atoms. The highest BCUT2D eigenvalue weighted by Crippen LogP contribution is 2.08. The van der Waals surface area contributed by atoms with Crippen LogP contribution in [-0.4, -0.2) is 71.3 Å². The molecule has 132 valence electrons. The second-order valence-electron chi connectivity index (χ2n) is 5.36. The predicted molar refractivity (Wildman–Crippen MR) is 85.6 cm³/mol. The van der Waals surface area contributed by atoms with Gasteiger partial charge in [-0.15, -0.1) is 24.8 Å². The summed E-state index contributed by atoms with van der Waals surface area (Å²) in [7, 11) is 0. The minimum Gasteiger partial charge on any atom is -0.300 e. The van der Waals surface area contributed by atoms with E-state index >= 15 is 0 Å². The third-order valence-electron chi connectivity index (χ3n) is 3.64. The van der Waals surface area contributed by atoms with Crippen molar-refractivity contribution in [3.05, 3.63) is 0 Å². The molecule has 10 heteroatoms. The fourth-order valence-electron chi connectivity index (χ4n) is 2.32. The molecule has 1 rings (SSSR count). The Balaban J connectivity index is 0. The maximum Gasteiger partial charge on any atom is 0.247 e. The third kappa shape index (κ3) is 7.57. The second-order valence-corrected chi connectivity index (χ2v) is 5.36. The summed E-state index contributed by atoms with van der Waals surface area (Å²) in [6.07, 6.45) is 0. The number of hydroxylamine groups is 2. The molecule has 0 aromatic carbocycles. The van der Waals surface area contributed by atoms with Gasteiger partial charge in [-0.2, -0.15) is 0 Å². The first-order chi connectivity index (χ1) is 9.47. The zero-order valence-corrected chi connectivity index (χ0v) is 14.5. The molecule has 0 saturated carbocycles. The van der Waals surface area contributed by atoms with Gasteiger partial charge in [-0.05, 0) is 0 Å². The van der Waals surface area contributed by atoms with Gasteiger partial charge in [0.15, 0.2) is 0 Å². The quantitative estimate of drug-likeness (QED) is 0.384. The van der Waals surface area contributed by atoms with E-state index in [0.29, 0.717) is 13.1 Å². The van der Waals surface area contributed by atoms with E-state index in [4.69, 9.17) is 10.4 Å². The van der Waals surface area contributed by atoms with Crippen LogP contribution >= 0.6 is 24.8 Å². The van der Waals surface area contributed by atoms with Gasteiger partial charge in [-0.1, -0.05) is 13.8 Å². The van der Waals surface area contributed by atoms with Crippen LogP contribution in [-0.2, 0) is 9.59 Å². The summed E-state index contributed by atoms with van der Waals surface area (Å²) in [5.41, 5.74) is 3.33. The molecule has 1 saturated heterocycles. The lowest BCUT2D eigenvalue weighted by Gasteiger charge is -2.36. The van der Waals surface area contributed by atoms with E-state index in [-0.39, 0.29) is 48.5 Å². The third-order valence-corrected chi connectivity index (χ3v) is 3.64. The maximum absolute atomic E-state index is 11.2. The van der Waals surface area contributed by atoms with Crippen LogP contribution in [0.25, 0.3) is 0 Å². The monoisotopic (exact) mass is 360 g/mol. The minimum atomic E-state index is -0.374. The number of piperazine rings is 1. The van der Waals surface area contributed by atoms with Crippen LogP contribution in [0.1, 0.15) is 13.8 Å². The number of rotatable bonds is 6. The Labute approximate surface area is 142 Å². The van der Waals surface area contributed by atoms with Crippen molar-refractivity contribution in [2.24, 2.45) is 11.8 Å². The highest BCUT2D eigenvalue weighted by Gasteiger charge is 2.23. The van der Waals surface area contributed by atoms with Gasteiger partial charge in [0.2, 0.25) is 11.8 Å². The fraction of sp³-hybridized carbons (Fsp3) is 0.833. The van der Waals surface area contributed by atoms with Gasteiger partial charge >= 0.3 is 0 Å². The molecule has 1 fully saturated rings. The number of carbonyl (C=O) groups excluding carboxylic acids is 2. The summed E-state index contributed by atoms with van der Waals surface area (Å²) in [6, 6.07) is 0. The van der Waals surface area contributed by atoms with Gasteiger partial charge in [0, 0.05) is 51.1 Å². The smallest absolute Gasteiger partial charge is 0.247 e. The predicted octanol–water partition coefficient (Wildman–Crippen LogP) is -0.269. The Kier molecular flexibility index (Phi) is 12.7. The Morgan fingerprint density at radius 3 is 1.36 bits per heavy atom. The maximum atomic E-state index is 11.2. The lowest BCUT2D eigenvalue weighted by molar-refractivity contribution is -0.134. The molecular formula is C12H26Cl2N4O4. The van der Waals surface area contributed by atoms with E-state index < -0.39 is 0 Å². The normalized spacial score (nSPS) is 18.4. The first-order valence-electron chi connectivity index (χ1n) is 6.80. The lowest BCUT2D eigenvalue weighted by atomic mass is 10.1. The number of amides is 2. The zero-order chi connectivity index (χ0) is 15.1. The van der Waals surface area contributed by atoms with Gasteiger partial charge in [0.05, 0.1) is 0 Å². The number of carbonyl (C=O) groups is 2. The zero-order valence-electron chi connectivity index (χ0n) is 12.8. The van der Waals surface area contributed by atoms with E-state index in [1.807, 2.05) is 0 Å². The summed E-state index contributed by atoms with van der Waals surface area (Å²) in [6.45, 7) is 8.01. The molecule has 0 aromatic rings. The van der Waals surface area contributed by atoms with Crippen molar-refractivity contribution in [2.45, 2.75) is 13.8 Å². The Hall–Kier alpha value is -0.640. The van der Waals surface area contributed by atoms with Crippen molar-refractivity contribution in [2.75, 3.05) is 39.3 Å². The second kappa shape index (κ2) is 11.9. The van der Waals surface area contributed by atoms with Crippen molar-refractivity contribution >= 4 is 36.6 Å². The first kappa shape index (κ1) is 23.6. The molecular weight excluding hydrogens is 335 g/mol. The minimum absolute atomic E-state index is 0. The molecule has 0 aromatic heterocycles. The molecule has 2 amide bonds. The number of hydrogen-bond donors (Lipinski definition) is 4. The largest absolute Gasteiger partial charge is 0.300 e. The van der Waals surface area contributed by atoms with Crippen molar-refractivity contribution in [1.29, 1.82) is 0 Å². The molecule has 4 N–H and O–H groups in total. The standard InChI is InChI=1S/C12H24N4O4.2ClH/c1-9(11(17)13-19)7-15-3-5-16(6-4-15)8-10(2)12(18)14-20;;/h9-10,19-20H,3-8H2,1-2H3,(H,13,17)(H,14,18);2*1H. The molecule has 1 aliphatic heterocycles. The fourth-order valence-corrected chi connectivity index (χ4v) is 2.32. The van der Waals surface area contributed by atoms with E-state index in [0.717, 1.165) is 26.2 Å². The Bertz CT molecular complexity index is 309. The van der Waals surface area contributed by atoms with Crippen LogP contribution in [0, 0.1) is 11.8 Å². The van der Waals surface area contributed by atoms with Gasteiger partial charge < -0.3 is 9.80 Å². The molecule has 0 spiro atoms. The molecule has 8 nitrogen and oxygen atoms in total. The highest BCUT2D eigenvalue weighted by atomic mass is 35.5. The van der Waals surface area contributed by atoms with Crippen LogP contribution in [0.2, 0.25) is 0 Å². The summed E-state index contributed by atoms with van der Waals surface area (Å²) in [4.78, 5) is 26.8. The molecule has 2 atom stereocenters. The summed E-state index contributed by atoms with van der Waals surface area (Å²) in [5.74, 6) is -1.27. The van der Waals surface area contributed by atoms with Crippen molar-refractivity contribution in [3.63, 3.8) is 0 Å². The topological polar surface area (TPSA) is 105 Å². The summed E-state index contributed by atoms with van der Waals surface area (Å²) < 4.78 is 0. The number of nitrogens with one attached hydrogen (secondary N) is 2. The average Bonchev–Trinajstić information content (AvgIpc) is 2.47. The Morgan fingerprint density at radius 1 is 0.864 bits per heavy atom. The molecule has 0 bridgehead atoms. The molecule has 1 aliphatic rings. The number of hydrogen-bond acceptors (Lipinski definition) is 6. The van der Waals surface area contributed by atoms with E-state index in [1.165, 1.54) is 0 Å². The first-order valence-corrected chi connectivity index (χ1v) is 6.80. The molecule has 1 heterocycles. The SMILES string of the molecule is CC(CN1CCN(CC(C)C(=O)NO)CC1)C(=O)NO.Cl.Cl. The highest BCUT2D eigenvalue weighted by molar-refractivity contribution is 5.85. The molecule has 0 radical (unpaired) electrons. The molecule has 2 unspecified atom stereocenters. The van der Waals surface area contributed by atoms with Crippen LogP contribution < -0.4 is 11.0 Å². The van der Waals surface area contributed by atoms with Crippen LogP contribution in [0.15, 0.2) is 0 Å². The van der Waals surface area contributed by atoms with Crippen molar-refractivity contribution in [1.82, 2.24) is 20.8 Å². The van der Waals surface area contributed by atoms with Crippen molar-refractivity contribution < 1.29 is 20.0 Å². The Morgan fingerprint density at radius 2 is 1.14 bits per heavy atom. The summed E-state index contributed by atoms with van der Waals surface area (Å²) >= 11 is 0. The van der Waals surface area contributed by atoms with Gasteiger partial charge in [-0.25, -0.2) is 11.0 Å². The average molecular weight is 361 g/mol. The van der Waals surface area contributed by atoms with Gasteiger partial charge in [0.25, 0.3) is 0 Å². The van der Waals surface area contributed by atoms with Crippen LogP contribution in [0.5, 0.6) is 0 Å².